The zero-order valence-corrected chi connectivity index (χ0v) is 10.9. The van der Waals surface area contributed by atoms with Crippen molar-refractivity contribution < 1.29 is 23.4 Å². The van der Waals surface area contributed by atoms with E-state index in [4.69, 9.17) is 10.2 Å². The average Bonchev–Trinajstić information content (AvgIpc) is 2.26. The van der Waals surface area contributed by atoms with Crippen LogP contribution in [0.1, 0.15) is 22.8 Å². The van der Waals surface area contributed by atoms with Crippen molar-refractivity contribution in [3.05, 3.63) is 29.3 Å². The van der Waals surface area contributed by atoms with Crippen LogP contribution >= 0.6 is 0 Å². The third-order valence-corrected chi connectivity index (χ3v) is 3.86. The number of aryl methyl sites for hydroxylation is 1. The first-order valence-electron chi connectivity index (χ1n) is 5.25. The second-order valence-electron chi connectivity index (χ2n) is 3.99. The lowest BCUT2D eigenvalue weighted by Gasteiger charge is -2.11. The summed E-state index contributed by atoms with van der Waals surface area (Å²) in [7, 11) is -3.82. The summed E-state index contributed by atoms with van der Waals surface area (Å²) < 4.78 is 26.0. The summed E-state index contributed by atoms with van der Waals surface area (Å²) in [5.74, 6) is -1.19. The van der Waals surface area contributed by atoms with E-state index in [9.17, 15) is 13.2 Å². The number of benzene rings is 1. The molecule has 0 aliphatic rings. The first-order valence-corrected chi connectivity index (χ1v) is 6.74. The summed E-state index contributed by atoms with van der Waals surface area (Å²) in [6.45, 7) is 2.89. The van der Waals surface area contributed by atoms with Gasteiger partial charge in [-0.1, -0.05) is 6.07 Å². The van der Waals surface area contributed by atoms with Crippen molar-refractivity contribution in [3.63, 3.8) is 0 Å². The van der Waals surface area contributed by atoms with Crippen LogP contribution in [0.2, 0.25) is 0 Å². The van der Waals surface area contributed by atoms with Gasteiger partial charge in [0.25, 0.3) is 0 Å². The molecule has 0 radical (unpaired) electrons. The number of carboxylic acids is 1. The molecule has 100 valence electrons. The van der Waals surface area contributed by atoms with Gasteiger partial charge in [-0.05, 0) is 31.5 Å². The molecule has 1 atom stereocenters. The molecule has 0 spiro atoms. The molecule has 0 heterocycles. The molecule has 0 saturated heterocycles. The van der Waals surface area contributed by atoms with Crippen molar-refractivity contribution in [1.29, 1.82) is 0 Å². The van der Waals surface area contributed by atoms with E-state index >= 15 is 0 Å². The highest BCUT2D eigenvalue weighted by Crippen LogP contribution is 2.17. The fraction of sp³-hybridized carbons (Fsp3) is 0.364. The zero-order valence-electron chi connectivity index (χ0n) is 10.0. The standard InChI is InChI=1S/C11H15NO5S/c1-7-3-4-9(11(14)15)5-10(7)18(16,17)12-6-8(2)13/h3-5,8,12-13H,6H2,1-2H3,(H,14,15)/t8-/m0/s1. The van der Waals surface area contributed by atoms with Gasteiger partial charge in [0.1, 0.15) is 0 Å². The van der Waals surface area contributed by atoms with Gasteiger partial charge in [-0.3, -0.25) is 0 Å². The summed E-state index contributed by atoms with van der Waals surface area (Å²) >= 11 is 0. The lowest BCUT2D eigenvalue weighted by Crippen LogP contribution is -2.31. The van der Waals surface area contributed by atoms with Gasteiger partial charge in [-0.25, -0.2) is 17.9 Å². The highest BCUT2D eigenvalue weighted by Gasteiger charge is 2.19. The van der Waals surface area contributed by atoms with Crippen LogP contribution in [0, 0.1) is 6.92 Å². The molecule has 18 heavy (non-hydrogen) atoms. The maximum Gasteiger partial charge on any atom is 0.335 e. The number of aliphatic hydroxyl groups excluding tert-OH is 1. The molecule has 0 unspecified atom stereocenters. The zero-order chi connectivity index (χ0) is 13.9. The van der Waals surface area contributed by atoms with Gasteiger partial charge in [0, 0.05) is 6.54 Å². The third kappa shape index (κ3) is 3.52. The molecule has 0 aromatic heterocycles. The minimum Gasteiger partial charge on any atom is -0.478 e. The molecule has 1 rings (SSSR count). The number of nitrogens with one attached hydrogen (secondary N) is 1. The van der Waals surface area contributed by atoms with E-state index in [0.29, 0.717) is 5.56 Å². The van der Waals surface area contributed by atoms with E-state index in [1.807, 2.05) is 0 Å². The molecule has 0 amide bonds. The van der Waals surface area contributed by atoms with Crippen LogP contribution in [0.25, 0.3) is 0 Å². The highest BCUT2D eigenvalue weighted by molar-refractivity contribution is 7.89. The van der Waals surface area contributed by atoms with E-state index in [2.05, 4.69) is 4.72 Å². The van der Waals surface area contributed by atoms with Crippen LogP contribution in [-0.4, -0.2) is 37.2 Å². The predicted octanol–water partition coefficient (Wildman–Crippen LogP) is 0.352. The van der Waals surface area contributed by atoms with E-state index < -0.39 is 22.1 Å². The summed E-state index contributed by atoms with van der Waals surface area (Å²) in [5, 5.41) is 17.9. The quantitative estimate of drug-likeness (QED) is 0.718. The fourth-order valence-electron chi connectivity index (χ4n) is 1.33. The Morgan fingerprint density at radius 2 is 2.06 bits per heavy atom. The number of aromatic carboxylic acids is 1. The summed E-state index contributed by atoms with van der Waals surface area (Å²) in [6.07, 6.45) is -0.817. The molecule has 1 aromatic rings. The van der Waals surface area contributed by atoms with Crippen molar-refractivity contribution in [1.82, 2.24) is 4.72 Å². The van der Waals surface area contributed by atoms with Crippen molar-refractivity contribution in [2.75, 3.05) is 6.54 Å². The Labute approximate surface area is 105 Å². The Morgan fingerprint density at radius 3 is 2.56 bits per heavy atom. The minimum atomic E-state index is -3.82. The Balaban J connectivity index is 3.15. The van der Waals surface area contributed by atoms with Crippen molar-refractivity contribution in [2.24, 2.45) is 0 Å². The highest BCUT2D eigenvalue weighted by atomic mass is 32.2. The van der Waals surface area contributed by atoms with Gasteiger partial charge >= 0.3 is 5.97 Å². The van der Waals surface area contributed by atoms with E-state index in [1.165, 1.54) is 19.1 Å². The number of carboxylic acid groups (broad SMARTS) is 1. The SMILES string of the molecule is Cc1ccc(C(=O)O)cc1S(=O)(=O)NC[C@H](C)O. The predicted molar refractivity (Wildman–Crippen MR) is 65.0 cm³/mol. The number of hydrogen-bond acceptors (Lipinski definition) is 4. The summed E-state index contributed by atoms with van der Waals surface area (Å²) in [6, 6.07) is 3.87. The Hall–Kier alpha value is -1.44. The van der Waals surface area contributed by atoms with Gasteiger partial charge in [0.15, 0.2) is 0 Å². The fourth-order valence-corrected chi connectivity index (χ4v) is 2.72. The summed E-state index contributed by atoms with van der Waals surface area (Å²) in [5.41, 5.74) is 0.344. The second-order valence-corrected chi connectivity index (χ2v) is 5.72. The number of rotatable bonds is 5. The first-order chi connectivity index (χ1) is 8.24. The summed E-state index contributed by atoms with van der Waals surface area (Å²) in [4.78, 5) is 10.7. The molecule has 7 heteroatoms. The Kier molecular flexibility index (Phi) is 4.44. The molecule has 0 bridgehead atoms. The van der Waals surface area contributed by atoms with Crippen LogP contribution in [-0.2, 0) is 10.0 Å². The van der Waals surface area contributed by atoms with E-state index in [-0.39, 0.29) is 17.0 Å². The average molecular weight is 273 g/mol. The van der Waals surface area contributed by atoms with Crippen LogP contribution in [0.15, 0.2) is 23.1 Å². The maximum absolute atomic E-state index is 11.9. The van der Waals surface area contributed by atoms with Gasteiger partial charge < -0.3 is 10.2 Å². The number of carbonyl (C=O) groups is 1. The lowest BCUT2D eigenvalue weighted by atomic mass is 10.1. The van der Waals surface area contributed by atoms with Crippen LogP contribution in [0.5, 0.6) is 0 Å². The second kappa shape index (κ2) is 5.47. The molecule has 6 nitrogen and oxygen atoms in total. The molecule has 3 N–H and O–H groups in total. The van der Waals surface area contributed by atoms with Gasteiger partial charge in [-0.2, -0.15) is 0 Å². The van der Waals surface area contributed by atoms with Crippen LogP contribution < -0.4 is 4.72 Å². The van der Waals surface area contributed by atoms with E-state index in [0.717, 1.165) is 6.07 Å². The number of hydrogen-bond donors (Lipinski definition) is 3. The molecule has 0 aliphatic heterocycles. The molecular weight excluding hydrogens is 258 g/mol. The van der Waals surface area contributed by atoms with Crippen LogP contribution in [0.3, 0.4) is 0 Å². The third-order valence-electron chi connectivity index (χ3n) is 2.29. The van der Waals surface area contributed by atoms with Gasteiger partial charge in [0.2, 0.25) is 10.0 Å². The largest absolute Gasteiger partial charge is 0.478 e. The smallest absolute Gasteiger partial charge is 0.335 e. The molecule has 0 fully saturated rings. The van der Waals surface area contributed by atoms with Crippen molar-refractivity contribution >= 4 is 16.0 Å². The number of aliphatic hydroxyl groups is 1. The Morgan fingerprint density at radius 1 is 1.44 bits per heavy atom. The number of sulfonamides is 1. The van der Waals surface area contributed by atoms with E-state index in [1.54, 1.807) is 6.92 Å². The van der Waals surface area contributed by atoms with Gasteiger partial charge in [-0.15, -0.1) is 0 Å². The molecular formula is C11H15NO5S. The Bertz CT molecular complexity index is 551. The normalized spacial score (nSPS) is 13.3. The lowest BCUT2D eigenvalue weighted by molar-refractivity contribution is 0.0696. The molecule has 0 saturated carbocycles. The minimum absolute atomic E-state index is 0.0944. The first kappa shape index (κ1) is 14.6. The monoisotopic (exact) mass is 273 g/mol. The van der Waals surface area contributed by atoms with Crippen LogP contribution in [0.4, 0.5) is 0 Å². The topological polar surface area (TPSA) is 104 Å². The molecule has 0 aliphatic carbocycles. The maximum atomic E-state index is 11.9. The molecule has 1 aromatic carbocycles. The van der Waals surface area contributed by atoms with Crippen molar-refractivity contribution in [2.45, 2.75) is 24.8 Å². The van der Waals surface area contributed by atoms with Crippen molar-refractivity contribution in [3.8, 4) is 0 Å². The van der Waals surface area contributed by atoms with Gasteiger partial charge in [0.05, 0.1) is 16.6 Å².